The van der Waals surface area contributed by atoms with Crippen LogP contribution in [0.1, 0.15) is 27.0 Å². The van der Waals surface area contributed by atoms with Crippen molar-refractivity contribution in [1.29, 1.82) is 0 Å². The number of thioether (sulfide) groups is 1. The van der Waals surface area contributed by atoms with Gasteiger partial charge in [0.05, 0.1) is 11.4 Å². The summed E-state index contributed by atoms with van der Waals surface area (Å²) in [7, 11) is 0. The Hall–Kier alpha value is -2.79. The molecule has 4 rings (SSSR count). The van der Waals surface area contributed by atoms with Gasteiger partial charge in [-0.05, 0) is 60.4 Å². The Morgan fingerprint density at radius 1 is 1.00 bits per heavy atom. The standard InChI is InChI=1S/C24H24N2O2S/c1-15-10-16(2)12-19(11-15)25-23(27)21-13-29-14-26(21)24(28)22-17(3)8-9-18-6-4-5-7-20(18)22/h4-12,21H,13-14H2,1-3H3,(H,25,27). The third kappa shape index (κ3) is 3.87. The van der Waals surface area contributed by atoms with Gasteiger partial charge in [-0.3, -0.25) is 9.59 Å². The number of amides is 2. The minimum atomic E-state index is -0.480. The van der Waals surface area contributed by atoms with Gasteiger partial charge in [0, 0.05) is 11.4 Å². The second kappa shape index (κ2) is 7.91. The molecule has 1 aliphatic heterocycles. The molecule has 3 aromatic rings. The highest BCUT2D eigenvalue weighted by molar-refractivity contribution is 7.99. The SMILES string of the molecule is Cc1cc(C)cc(NC(=O)C2CSCN2C(=O)c2c(C)ccc3ccccc23)c1. The third-order valence-electron chi connectivity index (χ3n) is 5.29. The molecule has 4 nitrogen and oxygen atoms in total. The fraction of sp³-hybridized carbons (Fsp3) is 0.250. The second-order valence-corrected chi connectivity index (χ2v) is 8.63. The Bertz CT molecular complexity index is 1090. The first kappa shape index (κ1) is 19.5. The minimum absolute atomic E-state index is 0.0788. The summed E-state index contributed by atoms with van der Waals surface area (Å²) < 4.78 is 0. The molecule has 0 aliphatic carbocycles. The summed E-state index contributed by atoms with van der Waals surface area (Å²) in [5.41, 5.74) is 4.59. The topological polar surface area (TPSA) is 49.4 Å². The molecule has 0 spiro atoms. The number of aryl methyl sites for hydroxylation is 3. The van der Waals surface area contributed by atoms with Crippen molar-refractivity contribution in [3.8, 4) is 0 Å². The maximum Gasteiger partial charge on any atom is 0.256 e. The van der Waals surface area contributed by atoms with Crippen molar-refractivity contribution in [2.75, 3.05) is 16.9 Å². The zero-order chi connectivity index (χ0) is 20.5. The molecule has 1 unspecified atom stereocenters. The van der Waals surface area contributed by atoms with Crippen LogP contribution in [0.5, 0.6) is 0 Å². The molecular formula is C24H24N2O2S. The number of hydrogen-bond donors (Lipinski definition) is 1. The van der Waals surface area contributed by atoms with Crippen LogP contribution in [0.4, 0.5) is 5.69 Å². The third-order valence-corrected chi connectivity index (χ3v) is 6.30. The van der Waals surface area contributed by atoms with Crippen LogP contribution >= 0.6 is 11.8 Å². The Labute approximate surface area is 175 Å². The van der Waals surface area contributed by atoms with E-state index < -0.39 is 6.04 Å². The van der Waals surface area contributed by atoms with E-state index in [4.69, 9.17) is 0 Å². The number of hydrogen-bond acceptors (Lipinski definition) is 3. The van der Waals surface area contributed by atoms with Gasteiger partial charge in [0.2, 0.25) is 5.91 Å². The van der Waals surface area contributed by atoms with E-state index in [1.54, 1.807) is 16.7 Å². The molecule has 2 amide bonds. The summed E-state index contributed by atoms with van der Waals surface area (Å²) in [6.45, 7) is 5.97. The van der Waals surface area contributed by atoms with Crippen LogP contribution in [-0.4, -0.2) is 34.4 Å². The predicted octanol–water partition coefficient (Wildman–Crippen LogP) is 4.92. The highest BCUT2D eigenvalue weighted by atomic mass is 32.2. The largest absolute Gasteiger partial charge is 0.324 e. The second-order valence-electron chi connectivity index (χ2n) is 7.63. The van der Waals surface area contributed by atoms with Gasteiger partial charge in [0.15, 0.2) is 0 Å². The monoisotopic (exact) mass is 404 g/mol. The van der Waals surface area contributed by atoms with Crippen LogP contribution in [0.2, 0.25) is 0 Å². The molecule has 1 aliphatic rings. The van der Waals surface area contributed by atoms with Gasteiger partial charge in [-0.1, -0.05) is 42.5 Å². The van der Waals surface area contributed by atoms with Gasteiger partial charge in [-0.25, -0.2) is 0 Å². The maximum atomic E-state index is 13.5. The van der Waals surface area contributed by atoms with Crippen molar-refractivity contribution < 1.29 is 9.59 Å². The smallest absolute Gasteiger partial charge is 0.256 e. The van der Waals surface area contributed by atoms with E-state index >= 15 is 0 Å². The highest BCUT2D eigenvalue weighted by Crippen LogP contribution is 2.29. The molecule has 3 aromatic carbocycles. The fourth-order valence-electron chi connectivity index (χ4n) is 3.94. The van der Waals surface area contributed by atoms with E-state index in [1.165, 1.54) is 0 Å². The number of carbonyl (C=O) groups excluding carboxylic acids is 2. The van der Waals surface area contributed by atoms with Crippen molar-refractivity contribution in [2.24, 2.45) is 0 Å². The Morgan fingerprint density at radius 3 is 2.48 bits per heavy atom. The summed E-state index contributed by atoms with van der Waals surface area (Å²) in [6, 6.07) is 17.4. The van der Waals surface area contributed by atoms with Gasteiger partial charge in [0.25, 0.3) is 5.91 Å². The molecule has 1 fully saturated rings. The molecule has 0 radical (unpaired) electrons. The molecular weight excluding hydrogens is 380 g/mol. The van der Waals surface area contributed by atoms with E-state index in [-0.39, 0.29) is 11.8 Å². The predicted molar refractivity (Wildman–Crippen MR) is 121 cm³/mol. The molecule has 1 heterocycles. The van der Waals surface area contributed by atoms with Crippen LogP contribution in [0.15, 0.2) is 54.6 Å². The summed E-state index contributed by atoms with van der Waals surface area (Å²) in [6.07, 6.45) is 0. The fourth-order valence-corrected chi connectivity index (χ4v) is 5.09. The number of nitrogens with one attached hydrogen (secondary N) is 1. The van der Waals surface area contributed by atoms with Crippen molar-refractivity contribution in [2.45, 2.75) is 26.8 Å². The van der Waals surface area contributed by atoms with E-state index in [1.807, 2.05) is 69.3 Å². The molecule has 29 heavy (non-hydrogen) atoms. The van der Waals surface area contributed by atoms with Gasteiger partial charge in [-0.2, -0.15) is 0 Å². The van der Waals surface area contributed by atoms with E-state index in [9.17, 15) is 9.59 Å². The normalized spacial score (nSPS) is 16.2. The van der Waals surface area contributed by atoms with Crippen molar-refractivity contribution in [1.82, 2.24) is 4.90 Å². The van der Waals surface area contributed by atoms with Crippen molar-refractivity contribution in [3.05, 3.63) is 76.9 Å². The Balaban J connectivity index is 1.62. The molecule has 0 aromatic heterocycles. The van der Waals surface area contributed by atoms with Crippen LogP contribution in [0.3, 0.4) is 0 Å². The first-order valence-electron chi connectivity index (χ1n) is 9.70. The first-order valence-corrected chi connectivity index (χ1v) is 10.9. The molecule has 1 atom stereocenters. The number of carbonyl (C=O) groups is 2. The van der Waals surface area contributed by atoms with E-state index in [0.29, 0.717) is 17.2 Å². The lowest BCUT2D eigenvalue weighted by molar-refractivity contribution is -0.119. The average molecular weight is 405 g/mol. The number of nitrogens with zero attached hydrogens (tertiary/aromatic N) is 1. The summed E-state index contributed by atoms with van der Waals surface area (Å²) in [5, 5.41) is 4.97. The molecule has 0 bridgehead atoms. The van der Waals surface area contributed by atoms with Crippen molar-refractivity contribution >= 4 is 40.0 Å². The zero-order valence-electron chi connectivity index (χ0n) is 16.9. The van der Waals surface area contributed by atoms with Gasteiger partial charge >= 0.3 is 0 Å². The van der Waals surface area contributed by atoms with Gasteiger partial charge in [-0.15, -0.1) is 11.8 Å². The van der Waals surface area contributed by atoms with Gasteiger partial charge < -0.3 is 10.2 Å². The summed E-state index contributed by atoms with van der Waals surface area (Å²) >= 11 is 1.61. The molecule has 1 saturated heterocycles. The molecule has 148 valence electrons. The minimum Gasteiger partial charge on any atom is -0.324 e. The number of fused-ring (bicyclic) bond motifs is 1. The zero-order valence-corrected chi connectivity index (χ0v) is 17.7. The van der Waals surface area contributed by atoms with Gasteiger partial charge in [0.1, 0.15) is 6.04 Å². The van der Waals surface area contributed by atoms with Crippen LogP contribution in [-0.2, 0) is 4.79 Å². The number of rotatable bonds is 3. The van der Waals surface area contributed by atoms with E-state index in [0.717, 1.165) is 33.2 Å². The lowest BCUT2D eigenvalue weighted by Crippen LogP contribution is -2.44. The quantitative estimate of drug-likeness (QED) is 0.674. The van der Waals surface area contributed by atoms with Crippen molar-refractivity contribution in [3.63, 3.8) is 0 Å². The van der Waals surface area contributed by atoms with Crippen LogP contribution < -0.4 is 5.32 Å². The number of anilines is 1. The van der Waals surface area contributed by atoms with E-state index in [2.05, 4.69) is 11.4 Å². The summed E-state index contributed by atoms with van der Waals surface area (Å²) in [4.78, 5) is 28.2. The molecule has 5 heteroatoms. The molecule has 1 N–H and O–H groups in total. The Kier molecular flexibility index (Phi) is 5.33. The number of benzene rings is 3. The first-order chi connectivity index (χ1) is 13.9. The Morgan fingerprint density at radius 2 is 1.72 bits per heavy atom. The summed E-state index contributed by atoms with van der Waals surface area (Å²) in [5.74, 6) is 0.912. The molecule has 0 saturated carbocycles. The maximum absolute atomic E-state index is 13.5. The van der Waals surface area contributed by atoms with Crippen LogP contribution in [0, 0.1) is 20.8 Å². The highest BCUT2D eigenvalue weighted by Gasteiger charge is 2.36. The van der Waals surface area contributed by atoms with Crippen LogP contribution in [0.25, 0.3) is 10.8 Å². The lowest BCUT2D eigenvalue weighted by atomic mass is 9.98. The average Bonchev–Trinajstić information content (AvgIpc) is 3.16. The lowest BCUT2D eigenvalue weighted by Gasteiger charge is -2.24.